The number of fused-ring (bicyclic) bond motifs is 3. The Balaban J connectivity index is 1.54. The standard InChI is InChI=1S/C30H38O3/c1-3-5-7-13-19-29-25-20-14-9-10-15-21(20)26(32-29)24(18-8-6-4-2)30(31)28(29)23-17-12-11-16-22(23)27(25)33-30/h9-12,14-17,24-28,31H,3-8,13,18-19H2,1-2H3/t24-,25+,26+,27-,28+,29+,30-/m1/s1. The lowest BCUT2D eigenvalue weighted by molar-refractivity contribution is -0.415. The first-order chi connectivity index (χ1) is 16.2. The van der Waals surface area contributed by atoms with E-state index >= 15 is 0 Å². The largest absolute Gasteiger partial charge is 0.365 e. The minimum absolute atomic E-state index is 0.0453. The third-order valence-electron chi connectivity index (χ3n) is 9.08. The Kier molecular flexibility index (Phi) is 5.44. The van der Waals surface area contributed by atoms with Gasteiger partial charge in [-0.15, -0.1) is 0 Å². The van der Waals surface area contributed by atoms with Crippen molar-refractivity contribution in [3.8, 4) is 0 Å². The minimum atomic E-state index is -1.16. The average molecular weight is 447 g/mol. The number of hydrogen-bond acceptors (Lipinski definition) is 3. The molecule has 0 aromatic heterocycles. The maximum absolute atomic E-state index is 12.5. The summed E-state index contributed by atoms with van der Waals surface area (Å²) in [5.41, 5.74) is 4.82. The Morgan fingerprint density at radius 2 is 1.36 bits per heavy atom. The molecule has 1 aliphatic carbocycles. The fourth-order valence-electron chi connectivity index (χ4n) is 7.78. The second-order valence-electron chi connectivity index (χ2n) is 10.9. The van der Waals surface area contributed by atoms with Crippen LogP contribution in [-0.4, -0.2) is 16.5 Å². The number of benzene rings is 2. The highest BCUT2D eigenvalue weighted by atomic mass is 16.7. The monoisotopic (exact) mass is 446 g/mol. The Morgan fingerprint density at radius 3 is 2.09 bits per heavy atom. The Labute approximate surface area is 198 Å². The fourth-order valence-corrected chi connectivity index (χ4v) is 7.78. The van der Waals surface area contributed by atoms with Crippen LogP contribution in [0.5, 0.6) is 0 Å². The first kappa shape index (κ1) is 21.8. The summed E-state index contributed by atoms with van der Waals surface area (Å²) < 4.78 is 14.1. The third kappa shape index (κ3) is 2.98. The summed E-state index contributed by atoms with van der Waals surface area (Å²) in [6, 6.07) is 17.6. The quantitative estimate of drug-likeness (QED) is 0.410. The van der Waals surface area contributed by atoms with Gasteiger partial charge in [0.1, 0.15) is 0 Å². The van der Waals surface area contributed by atoms with Gasteiger partial charge in [-0.05, 0) is 35.1 Å². The highest BCUT2D eigenvalue weighted by Crippen LogP contribution is 2.74. The Hall–Kier alpha value is -1.68. The minimum Gasteiger partial charge on any atom is -0.365 e. The molecule has 2 aromatic carbocycles. The van der Waals surface area contributed by atoms with Gasteiger partial charge in [0.2, 0.25) is 0 Å². The van der Waals surface area contributed by atoms with Crippen LogP contribution in [0, 0.1) is 5.92 Å². The summed E-state index contributed by atoms with van der Waals surface area (Å²) in [5, 5.41) is 12.5. The van der Waals surface area contributed by atoms with Gasteiger partial charge in [0, 0.05) is 11.8 Å². The topological polar surface area (TPSA) is 38.7 Å². The molecule has 0 saturated carbocycles. The molecule has 33 heavy (non-hydrogen) atoms. The van der Waals surface area contributed by atoms with Crippen molar-refractivity contribution >= 4 is 0 Å². The van der Waals surface area contributed by atoms with Crippen LogP contribution in [0.15, 0.2) is 48.5 Å². The lowest BCUT2D eigenvalue weighted by Crippen LogP contribution is -2.73. The Bertz CT molecular complexity index is 1020. The van der Waals surface area contributed by atoms with Crippen LogP contribution in [0.25, 0.3) is 0 Å². The van der Waals surface area contributed by atoms with Crippen molar-refractivity contribution in [2.45, 2.75) is 107 Å². The predicted molar refractivity (Wildman–Crippen MR) is 130 cm³/mol. The lowest BCUT2D eigenvalue weighted by Gasteiger charge is -2.71. The van der Waals surface area contributed by atoms with Gasteiger partial charge in [-0.1, -0.05) is 107 Å². The molecule has 4 heterocycles. The predicted octanol–water partition coefficient (Wildman–Crippen LogP) is 7.32. The second kappa shape index (κ2) is 8.22. The molecule has 5 aliphatic rings. The van der Waals surface area contributed by atoms with E-state index in [1.165, 1.54) is 54.4 Å². The number of aliphatic hydroxyl groups is 1. The SMILES string of the molecule is CCCCCC[C@]12O[C@H]3c4ccccc4[C@H]1[C@@H]1O[C@](O)([C@@H]3CCCCC)[C@H]2c2ccccc21. The molecule has 5 bridgehead atoms. The molecule has 7 atom stereocenters. The number of hydrogen-bond donors (Lipinski definition) is 1. The zero-order valence-corrected chi connectivity index (χ0v) is 20.1. The number of ether oxygens (including phenoxy) is 2. The summed E-state index contributed by atoms with van der Waals surface area (Å²) in [4.78, 5) is 0. The summed E-state index contributed by atoms with van der Waals surface area (Å²) in [6.07, 6.45) is 9.97. The van der Waals surface area contributed by atoms with Gasteiger partial charge in [0.25, 0.3) is 0 Å². The maximum atomic E-state index is 12.5. The molecule has 0 amide bonds. The average Bonchev–Trinajstić information content (AvgIpc) is 2.83. The highest BCUT2D eigenvalue weighted by molar-refractivity contribution is 5.53. The first-order valence-corrected chi connectivity index (χ1v) is 13.4. The van der Waals surface area contributed by atoms with Gasteiger partial charge in [-0.2, -0.15) is 0 Å². The van der Waals surface area contributed by atoms with Crippen LogP contribution in [0.2, 0.25) is 0 Å². The van der Waals surface area contributed by atoms with Crippen molar-refractivity contribution < 1.29 is 14.6 Å². The fraction of sp³-hybridized carbons (Fsp3) is 0.600. The molecule has 7 rings (SSSR count). The van der Waals surface area contributed by atoms with Gasteiger partial charge >= 0.3 is 0 Å². The van der Waals surface area contributed by atoms with Gasteiger partial charge in [-0.3, -0.25) is 0 Å². The van der Waals surface area contributed by atoms with E-state index < -0.39 is 5.79 Å². The van der Waals surface area contributed by atoms with E-state index in [0.717, 1.165) is 25.7 Å². The van der Waals surface area contributed by atoms with Crippen molar-refractivity contribution in [1.29, 1.82) is 0 Å². The van der Waals surface area contributed by atoms with Crippen LogP contribution in [0.3, 0.4) is 0 Å². The maximum Gasteiger partial charge on any atom is 0.181 e. The second-order valence-corrected chi connectivity index (χ2v) is 10.9. The molecule has 2 fully saturated rings. The Morgan fingerprint density at radius 1 is 0.727 bits per heavy atom. The van der Waals surface area contributed by atoms with Gasteiger partial charge in [0.05, 0.1) is 23.7 Å². The summed E-state index contributed by atoms with van der Waals surface area (Å²) >= 11 is 0. The van der Waals surface area contributed by atoms with Crippen molar-refractivity contribution in [3.63, 3.8) is 0 Å². The summed E-state index contributed by atoms with van der Waals surface area (Å²) in [7, 11) is 0. The lowest BCUT2D eigenvalue weighted by atomic mass is 9.49. The van der Waals surface area contributed by atoms with Crippen molar-refractivity contribution in [2.75, 3.05) is 0 Å². The molecular weight excluding hydrogens is 408 g/mol. The summed E-state index contributed by atoms with van der Waals surface area (Å²) in [6.45, 7) is 4.50. The van der Waals surface area contributed by atoms with E-state index in [1.807, 2.05) is 0 Å². The van der Waals surface area contributed by atoms with E-state index in [2.05, 4.69) is 62.4 Å². The molecule has 3 nitrogen and oxygen atoms in total. The third-order valence-corrected chi connectivity index (χ3v) is 9.08. The molecule has 0 radical (unpaired) electrons. The first-order valence-electron chi connectivity index (χ1n) is 13.4. The zero-order chi connectivity index (χ0) is 22.6. The van der Waals surface area contributed by atoms with E-state index in [9.17, 15) is 5.11 Å². The van der Waals surface area contributed by atoms with Crippen LogP contribution in [0.1, 0.15) is 118 Å². The van der Waals surface area contributed by atoms with Crippen LogP contribution < -0.4 is 0 Å². The molecule has 2 saturated heterocycles. The normalized spacial score (nSPS) is 37.1. The van der Waals surface area contributed by atoms with Crippen LogP contribution in [-0.2, 0) is 9.47 Å². The summed E-state index contributed by atoms with van der Waals surface area (Å²) in [5.74, 6) is -1.20. The molecule has 3 heteroatoms. The molecule has 0 unspecified atom stereocenters. The van der Waals surface area contributed by atoms with E-state index in [4.69, 9.17) is 9.47 Å². The molecule has 1 N–H and O–H groups in total. The molecule has 4 aliphatic heterocycles. The van der Waals surface area contributed by atoms with Gasteiger partial charge in [-0.25, -0.2) is 0 Å². The van der Waals surface area contributed by atoms with Crippen LogP contribution >= 0.6 is 0 Å². The van der Waals surface area contributed by atoms with E-state index in [1.54, 1.807) is 0 Å². The zero-order valence-electron chi connectivity index (χ0n) is 20.1. The van der Waals surface area contributed by atoms with Crippen molar-refractivity contribution in [3.05, 3.63) is 70.8 Å². The molecular formula is C30H38O3. The van der Waals surface area contributed by atoms with Gasteiger partial charge in [0.15, 0.2) is 5.79 Å². The molecule has 0 spiro atoms. The van der Waals surface area contributed by atoms with Gasteiger partial charge < -0.3 is 14.6 Å². The smallest absolute Gasteiger partial charge is 0.181 e. The van der Waals surface area contributed by atoms with Crippen molar-refractivity contribution in [2.24, 2.45) is 5.92 Å². The van der Waals surface area contributed by atoms with Crippen LogP contribution in [0.4, 0.5) is 0 Å². The molecule has 176 valence electrons. The van der Waals surface area contributed by atoms with E-state index in [0.29, 0.717) is 0 Å². The number of unbranched alkanes of at least 4 members (excludes halogenated alkanes) is 5. The van der Waals surface area contributed by atoms with E-state index in [-0.39, 0.29) is 35.6 Å². The van der Waals surface area contributed by atoms with Crippen molar-refractivity contribution in [1.82, 2.24) is 0 Å². The number of rotatable bonds is 9. The highest BCUT2D eigenvalue weighted by Gasteiger charge is 2.75. The molecule has 2 aromatic rings.